The maximum Gasteiger partial charge on any atom is 0.339 e. The van der Waals surface area contributed by atoms with Crippen LogP contribution in [0.25, 0.3) is 0 Å². The average molecular weight is 299 g/mol. The van der Waals surface area contributed by atoms with Crippen molar-refractivity contribution in [2.45, 2.75) is 0 Å². The van der Waals surface area contributed by atoms with Gasteiger partial charge in [0.25, 0.3) is 0 Å². The molecule has 0 amide bonds. The number of carbonyl (C=O) groups is 2. The van der Waals surface area contributed by atoms with Crippen LogP contribution in [0.3, 0.4) is 0 Å². The summed E-state index contributed by atoms with van der Waals surface area (Å²) in [6.45, 7) is 0. The first-order valence-corrected chi connectivity index (χ1v) is 5.46. The zero-order chi connectivity index (χ0) is 15.1. The van der Waals surface area contributed by atoms with Crippen molar-refractivity contribution in [1.82, 2.24) is 0 Å². The van der Waals surface area contributed by atoms with Crippen molar-refractivity contribution in [3.8, 4) is 11.5 Å². The van der Waals surface area contributed by atoms with Gasteiger partial charge >= 0.3 is 11.9 Å². The molecule has 0 aliphatic carbocycles. The maximum absolute atomic E-state index is 10.3. The molecule has 0 spiro atoms. The van der Waals surface area contributed by atoms with Crippen molar-refractivity contribution in [3.05, 3.63) is 59.7 Å². The fourth-order valence-electron chi connectivity index (χ4n) is 1.31. The Morgan fingerprint density at radius 1 is 0.667 bits per heavy atom. The molecular weight excluding hydrogens is 287 g/mol. The van der Waals surface area contributed by atoms with Gasteiger partial charge in [0, 0.05) is 29.6 Å². The van der Waals surface area contributed by atoms with Crippen LogP contribution in [0.4, 0.5) is 0 Å². The van der Waals surface area contributed by atoms with Gasteiger partial charge in [0.15, 0.2) is 0 Å². The third-order valence-corrected chi connectivity index (χ3v) is 2.27. The quantitative estimate of drug-likeness (QED) is 0.628. The van der Waals surface area contributed by atoms with Crippen molar-refractivity contribution in [2.75, 3.05) is 0 Å². The Bertz CT molecular complexity index is 571. The molecule has 0 aromatic heterocycles. The number of hydrogen-bond acceptors (Lipinski definition) is 4. The molecule has 0 saturated heterocycles. The van der Waals surface area contributed by atoms with Gasteiger partial charge < -0.3 is 20.4 Å². The van der Waals surface area contributed by atoms with Gasteiger partial charge in [-0.15, -0.1) is 0 Å². The van der Waals surface area contributed by atoms with Gasteiger partial charge in [0.1, 0.15) is 22.6 Å². The Hall–Kier alpha value is -2.02. The van der Waals surface area contributed by atoms with Crippen molar-refractivity contribution >= 4 is 41.5 Å². The Kier molecular flexibility index (Phi) is 8.15. The Balaban J connectivity index is 0.000000364. The van der Waals surface area contributed by atoms with Gasteiger partial charge in [-0.05, 0) is 24.3 Å². The van der Waals surface area contributed by atoms with E-state index in [9.17, 15) is 9.59 Å². The molecule has 4 N–H and O–H groups in total. The summed E-state index contributed by atoms with van der Waals surface area (Å²) in [7, 11) is 0. The van der Waals surface area contributed by atoms with E-state index in [1.165, 1.54) is 24.3 Å². The molecule has 0 aliphatic rings. The van der Waals surface area contributed by atoms with E-state index in [1.54, 1.807) is 24.3 Å². The number of aromatic hydroxyl groups is 2. The molecule has 2 aromatic carbocycles. The fourth-order valence-corrected chi connectivity index (χ4v) is 1.31. The van der Waals surface area contributed by atoms with E-state index in [1.807, 2.05) is 0 Å². The van der Waals surface area contributed by atoms with Gasteiger partial charge in [0.05, 0.1) is 0 Å². The fraction of sp³-hybridized carbons (Fsp3) is 0. The minimum Gasteiger partial charge on any atom is -0.507 e. The predicted octanol–water partition coefficient (Wildman–Crippen LogP) is 1.80. The van der Waals surface area contributed by atoms with Crippen LogP contribution in [0.1, 0.15) is 20.7 Å². The summed E-state index contributed by atoms with van der Waals surface area (Å²) in [6.07, 6.45) is 0. The molecule has 0 atom stereocenters. The molecule has 2 aromatic rings. The summed E-state index contributed by atoms with van der Waals surface area (Å²) in [5, 5.41) is 34.6. The summed E-state index contributed by atoms with van der Waals surface area (Å²) >= 11 is 0. The van der Waals surface area contributed by atoms with E-state index in [-0.39, 0.29) is 52.2 Å². The number of rotatable bonds is 2. The molecule has 0 saturated carbocycles. The third-order valence-electron chi connectivity index (χ3n) is 2.27. The van der Waals surface area contributed by atoms with Gasteiger partial charge in [-0.3, -0.25) is 0 Å². The van der Waals surface area contributed by atoms with E-state index in [2.05, 4.69) is 0 Å². The van der Waals surface area contributed by atoms with Crippen LogP contribution in [0.2, 0.25) is 0 Å². The summed E-state index contributed by atoms with van der Waals surface area (Å²) < 4.78 is 0. The van der Waals surface area contributed by atoms with Crippen LogP contribution in [0, 0.1) is 0 Å². The summed E-state index contributed by atoms with van der Waals surface area (Å²) in [6, 6.07) is 11.6. The Morgan fingerprint density at radius 3 is 1.14 bits per heavy atom. The van der Waals surface area contributed by atoms with E-state index in [4.69, 9.17) is 20.4 Å². The standard InChI is InChI=1S/2C7H6O3.Na/c2*8-6-4-2-1-3-5(6)7(9)10;/h2*1-4,8H,(H,9,10);. The third kappa shape index (κ3) is 5.86. The molecule has 0 unspecified atom stereocenters. The summed E-state index contributed by atoms with van der Waals surface area (Å²) in [5.41, 5.74) is -0.134. The first kappa shape index (κ1) is 19.0. The predicted molar refractivity (Wildman–Crippen MR) is 75.9 cm³/mol. The SMILES string of the molecule is O=C(O)c1ccccc1O.O=C(O)c1ccccc1O.[Na]. The summed E-state index contributed by atoms with van der Waals surface area (Å²) in [5.74, 6) is -2.62. The van der Waals surface area contributed by atoms with Gasteiger partial charge in [-0.2, -0.15) is 0 Å². The van der Waals surface area contributed by atoms with Gasteiger partial charge in [-0.1, -0.05) is 24.3 Å². The van der Waals surface area contributed by atoms with Crippen LogP contribution in [0.5, 0.6) is 11.5 Å². The van der Waals surface area contributed by atoms with Crippen LogP contribution < -0.4 is 0 Å². The Labute approximate surface area is 142 Å². The molecule has 0 fully saturated rings. The van der Waals surface area contributed by atoms with Gasteiger partial charge in [0.2, 0.25) is 0 Å². The van der Waals surface area contributed by atoms with Crippen LogP contribution in [-0.4, -0.2) is 61.9 Å². The van der Waals surface area contributed by atoms with E-state index >= 15 is 0 Å². The zero-order valence-electron chi connectivity index (χ0n) is 11.2. The normalized spacial score (nSPS) is 8.76. The topological polar surface area (TPSA) is 115 Å². The average Bonchev–Trinajstić information content (AvgIpc) is 2.40. The van der Waals surface area contributed by atoms with Crippen molar-refractivity contribution in [2.24, 2.45) is 0 Å². The first-order chi connectivity index (χ1) is 9.43. The summed E-state index contributed by atoms with van der Waals surface area (Å²) in [4.78, 5) is 20.5. The molecule has 21 heavy (non-hydrogen) atoms. The van der Waals surface area contributed by atoms with Crippen LogP contribution >= 0.6 is 0 Å². The van der Waals surface area contributed by atoms with E-state index in [0.717, 1.165) is 0 Å². The van der Waals surface area contributed by atoms with Crippen LogP contribution in [0.15, 0.2) is 48.5 Å². The molecule has 0 bridgehead atoms. The zero-order valence-corrected chi connectivity index (χ0v) is 13.2. The second kappa shape index (κ2) is 9.02. The minimum atomic E-state index is -1.11. The molecule has 6 nitrogen and oxygen atoms in total. The number of hydrogen-bond donors (Lipinski definition) is 4. The maximum atomic E-state index is 10.3. The van der Waals surface area contributed by atoms with E-state index in [0.29, 0.717) is 0 Å². The molecule has 1 radical (unpaired) electrons. The van der Waals surface area contributed by atoms with E-state index < -0.39 is 11.9 Å². The van der Waals surface area contributed by atoms with Crippen molar-refractivity contribution < 1.29 is 30.0 Å². The molecule has 7 heteroatoms. The molecule has 105 valence electrons. The van der Waals surface area contributed by atoms with Crippen molar-refractivity contribution in [3.63, 3.8) is 0 Å². The van der Waals surface area contributed by atoms with Gasteiger partial charge in [-0.25, -0.2) is 9.59 Å². The second-order valence-corrected chi connectivity index (χ2v) is 3.64. The molecule has 2 rings (SSSR count). The van der Waals surface area contributed by atoms with Crippen molar-refractivity contribution in [1.29, 1.82) is 0 Å². The number of aromatic carboxylic acids is 2. The molecular formula is C14H12NaO6. The number of carboxylic acids is 2. The molecule has 0 aliphatic heterocycles. The number of phenols is 2. The largest absolute Gasteiger partial charge is 0.507 e. The first-order valence-electron chi connectivity index (χ1n) is 5.46. The number of benzene rings is 2. The Morgan fingerprint density at radius 2 is 0.952 bits per heavy atom. The molecule has 0 heterocycles. The monoisotopic (exact) mass is 299 g/mol. The minimum absolute atomic E-state index is 0. The number of para-hydroxylation sites is 2. The number of carboxylic acid groups (broad SMARTS) is 2. The second-order valence-electron chi connectivity index (χ2n) is 3.64. The smallest absolute Gasteiger partial charge is 0.339 e. The van der Waals surface area contributed by atoms with Crippen LogP contribution in [-0.2, 0) is 0 Å².